The molecule has 20 heavy (non-hydrogen) atoms. The van der Waals surface area contributed by atoms with Gasteiger partial charge in [0.15, 0.2) is 6.29 Å². The third kappa shape index (κ3) is 2.43. The molecule has 0 bridgehead atoms. The number of aromatic nitrogens is 2. The largest absolute Gasteiger partial charge is 0.390 e. The number of aliphatic hydroxyl groups is 1. The number of aldehydes is 1. The number of rotatable bonds is 5. The molecule has 1 unspecified atom stereocenters. The van der Waals surface area contributed by atoms with Crippen LogP contribution < -0.4 is 11.3 Å². The van der Waals surface area contributed by atoms with Gasteiger partial charge in [0.1, 0.15) is 5.56 Å². The van der Waals surface area contributed by atoms with Crippen LogP contribution in [0.3, 0.4) is 0 Å². The first-order valence-corrected chi connectivity index (χ1v) is 6.31. The Labute approximate surface area is 116 Å². The fourth-order valence-electron chi connectivity index (χ4n) is 2.12. The van der Waals surface area contributed by atoms with E-state index in [-0.39, 0.29) is 18.7 Å². The van der Waals surface area contributed by atoms with Crippen molar-refractivity contribution in [2.75, 3.05) is 6.54 Å². The van der Waals surface area contributed by atoms with Crippen LogP contribution in [-0.4, -0.2) is 33.4 Å². The molecule has 0 aliphatic rings. The lowest BCUT2D eigenvalue weighted by molar-refractivity contribution is 0.112. The van der Waals surface area contributed by atoms with Gasteiger partial charge >= 0.3 is 0 Å². The number of carbonyl (C=O) groups is 1. The second-order valence-electron chi connectivity index (χ2n) is 4.54. The SMILES string of the molecule is Cc1c(C=O)c(=O)n(-c2ccccc2)n1CC(O)CN. The molecule has 0 saturated heterocycles. The standard InChI is InChI=1S/C14H17N3O3/c1-10-13(9-18)14(20)17(11-5-3-2-4-6-11)16(10)8-12(19)7-15/h2-6,9,12,19H,7-8,15H2,1H3. The molecule has 0 amide bonds. The van der Waals surface area contributed by atoms with Gasteiger partial charge in [-0.3, -0.25) is 14.3 Å². The predicted molar refractivity (Wildman–Crippen MR) is 75.2 cm³/mol. The summed E-state index contributed by atoms with van der Waals surface area (Å²) in [6.45, 7) is 1.91. The van der Waals surface area contributed by atoms with Crippen molar-refractivity contribution in [3.8, 4) is 5.69 Å². The van der Waals surface area contributed by atoms with Gasteiger partial charge in [0.05, 0.1) is 18.3 Å². The number of aliphatic hydroxyl groups excluding tert-OH is 1. The molecule has 0 saturated carbocycles. The van der Waals surface area contributed by atoms with Crippen molar-refractivity contribution in [1.82, 2.24) is 9.36 Å². The molecular formula is C14H17N3O3. The molecule has 6 nitrogen and oxygen atoms in total. The summed E-state index contributed by atoms with van der Waals surface area (Å²) in [7, 11) is 0. The Bertz CT molecular complexity index is 658. The Morgan fingerprint density at radius 3 is 2.55 bits per heavy atom. The second-order valence-corrected chi connectivity index (χ2v) is 4.54. The van der Waals surface area contributed by atoms with Crippen molar-refractivity contribution >= 4 is 6.29 Å². The van der Waals surface area contributed by atoms with Crippen molar-refractivity contribution in [2.45, 2.75) is 19.6 Å². The summed E-state index contributed by atoms with van der Waals surface area (Å²) in [6, 6.07) is 8.97. The maximum atomic E-state index is 12.3. The van der Waals surface area contributed by atoms with Crippen molar-refractivity contribution in [3.63, 3.8) is 0 Å². The van der Waals surface area contributed by atoms with E-state index in [1.165, 1.54) is 4.68 Å². The minimum atomic E-state index is -0.782. The van der Waals surface area contributed by atoms with E-state index >= 15 is 0 Å². The minimum Gasteiger partial charge on any atom is -0.390 e. The lowest BCUT2D eigenvalue weighted by Gasteiger charge is -2.16. The highest BCUT2D eigenvalue weighted by Crippen LogP contribution is 2.11. The van der Waals surface area contributed by atoms with Crippen LogP contribution in [0.4, 0.5) is 0 Å². The van der Waals surface area contributed by atoms with Crippen molar-refractivity contribution in [1.29, 1.82) is 0 Å². The molecule has 0 fully saturated rings. The topological polar surface area (TPSA) is 90.2 Å². The van der Waals surface area contributed by atoms with E-state index in [4.69, 9.17) is 5.73 Å². The molecule has 3 N–H and O–H groups in total. The van der Waals surface area contributed by atoms with Gasteiger partial charge in [0, 0.05) is 12.2 Å². The van der Waals surface area contributed by atoms with E-state index in [0.29, 0.717) is 17.7 Å². The molecule has 0 aliphatic heterocycles. The normalized spacial score (nSPS) is 12.3. The first-order chi connectivity index (χ1) is 9.60. The molecule has 0 aliphatic carbocycles. The van der Waals surface area contributed by atoms with Crippen LogP contribution in [-0.2, 0) is 6.54 Å². The van der Waals surface area contributed by atoms with Crippen LogP contribution in [0.1, 0.15) is 16.1 Å². The molecule has 0 spiro atoms. The minimum absolute atomic E-state index is 0.0804. The van der Waals surface area contributed by atoms with Gasteiger partial charge in [-0.1, -0.05) is 18.2 Å². The number of hydrogen-bond donors (Lipinski definition) is 2. The average Bonchev–Trinajstić information content (AvgIpc) is 2.70. The molecule has 2 aromatic rings. The predicted octanol–water partition coefficient (Wildman–Crippen LogP) is 0.0795. The first-order valence-electron chi connectivity index (χ1n) is 6.31. The van der Waals surface area contributed by atoms with Crippen LogP contribution in [0.5, 0.6) is 0 Å². The van der Waals surface area contributed by atoms with E-state index in [0.717, 1.165) is 0 Å². The lowest BCUT2D eigenvalue weighted by atomic mass is 10.3. The molecule has 1 heterocycles. The molecular weight excluding hydrogens is 258 g/mol. The summed E-state index contributed by atoms with van der Waals surface area (Å²) in [6.07, 6.45) is -0.238. The van der Waals surface area contributed by atoms with Gasteiger partial charge < -0.3 is 10.8 Å². The maximum absolute atomic E-state index is 12.3. The third-order valence-corrected chi connectivity index (χ3v) is 3.22. The Hall–Kier alpha value is -2.18. The van der Waals surface area contributed by atoms with Gasteiger partial charge in [0.2, 0.25) is 0 Å². The number of nitrogens with zero attached hydrogens (tertiary/aromatic N) is 2. The summed E-state index contributed by atoms with van der Waals surface area (Å²) < 4.78 is 2.97. The molecule has 6 heteroatoms. The van der Waals surface area contributed by atoms with Gasteiger partial charge in [-0.25, -0.2) is 4.68 Å². The Morgan fingerprint density at radius 2 is 2.00 bits per heavy atom. The monoisotopic (exact) mass is 275 g/mol. The highest BCUT2D eigenvalue weighted by atomic mass is 16.3. The van der Waals surface area contributed by atoms with Crippen molar-refractivity contribution < 1.29 is 9.90 Å². The fourth-order valence-corrected chi connectivity index (χ4v) is 2.12. The number of carbonyl (C=O) groups excluding carboxylic acids is 1. The van der Waals surface area contributed by atoms with E-state index in [1.807, 2.05) is 6.07 Å². The van der Waals surface area contributed by atoms with E-state index in [1.54, 1.807) is 35.9 Å². The van der Waals surface area contributed by atoms with Gasteiger partial charge in [-0.2, -0.15) is 0 Å². The number of nitrogens with two attached hydrogens (primary N) is 1. The van der Waals surface area contributed by atoms with Crippen LogP contribution in [0.25, 0.3) is 5.69 Å². The van der Waals surface area contributed by atoms with E-state index < -0.39 is 11.7 Å². The first kappa shape index (κ1) is 14.2. The molecule has 1 aromatic heterocycles. The average molecular weight is 275 g/mol. The van der Waals surface area contributed by atoms with Crippen molar-refractivity contribution in [3.05, 3.63) is 51.9 Å². The quantitative estimate of drug-likeness (QED) is 0.756. The number of hydrogen-bond acceptors (Lipinski definition) is 4. The highest BCUT2D eigenvalue weighted by Gasteiger charge is 2.19. The number of para-hydroxylation sites is 1. The summed E-state index contributed by atoms with van der Waals surface area (Å²) >= 11 is 0. The highest BCUT2D eigenvalue weighted by molar-refractivity contribution is 5.76. The Morgan fingerprint density at radius 1 is 1.35 bits per heavy atom. The zero-order chi connectivity index (χ0) is 14.7. The summed E-state index contributed by atoms with van der Waals surface area (Å²) in [5, 5.41) is 9.73. The molecule has 1 atom stereocenters. The third-order valence-electron chi connectivity index (χ3n) is 3.22. The van der Waals surface area contributed by atoms with Crippen LogP contribution in [0, 0.1) is 6.92 Å². The van der Waals surface area contributed by atoms with Gasteiger partial charge in [-0.15, -0.1) is 0 Å². The van der Waals surface area contributed by atoms with Gasteiger partial charge in [-0.05, 0) is 19.1 Å². The smallest absolute Gasteiger partial charge is 0.282 e. The lowest BCUT2D eigenvalue weighted by Crippen LogP contribution is -2.30. The van der Waals surface area contributed by atoms with Crippen LogP contribution >= 0.6 is 0 Å². The van der Waals surface area contributed by atoms with Crippen molar-refractivity contribution in [2.24, 2.45) is 5.73 Å². The fraction of sp³-hybridized carbons (Fsp3) is 0.286. The van der Waals surface area contributed by atoms with E-state index in [9.17, 15) is 14.7 Å². The zero-order valence-corrected chi connectivity index (χ0v) is 11.2. The summed E-state index contributed by atoms with van der Waals surface area (Å²) in [5.41, 5.74) is 6.27. The van der Waals surface area contributed by atoms with Crippen LogP contribution in [0.2, 0.25) is 0 Å². The summed E-state index contributed by atoms with van der Waals surface area (Å²) in [5.74, 6) is 0. The van der Waals surface area contributed by atoms with Gasteiger partial charge in [0.25, 0.3) is 5.56 Å². The second kappa shape index (κ2) is 5.85. The summed E-state index contributed by atoms with van der Waals surface area (Å²) in [4.78, 5) is 23.4. The van der Waals surface area contributed by atoms with Crippen LogP contribution in [0.15, 0.2) is 35.1 Å². The zero-order valence-electron chi connectivity index (χ0n) is 11.2. The Balaban J connectivity index is 2.65. The molecule has 106 valence electrons. The molecule has 0 radical (unpaired) electrons. The maximum Gasteiger partial charge on any atom is 0.282 e. The van der Waals surface area contributed by atoms with E-state index in [2.05, 4.69) is 0 Å². The molecule has 1 aromatic carbocycles. The molecule has 2 rings (SSSR count). The Kier molecular flexibility index (Phi) is 4.16. The number of benzene rings is 1.